The molecule has 0 aliphatic carbocycles. The number of nitrogens with one attached hydrogen (secondary N) is 1. The van der Waals surface area contributed by atoms with Crippen molar-refractivity contribution in [3.05, 3.63) is 29.8 Å². The highest BCUT2D eigenvalue weighted by molar-refractivity contribution is 5.78. The monoisotopic (exact) mass is 315 g/mol. The van der Waals surface area contributed by atoms with E-state index >= 15 is 0 Å². The van der Waals surface area contributed by atoms with E-state index < -0.39 is 6.61 Å². The number of benzene rings is 1. The minimum atomic E-state index is -2.84. The molecule has 1 aromatic carbocycles. The molecule has 0 atom stereocenters. The zero-order chi connectivity index (χ0) is 16.4. The Balaban J connectivity index is 2.19. The molecule has 0 radical (unpaired) electrons. The van der Waals surface area contributed by atoms with Crippen molar-refractivity contribution in [2.45, 2.75) is 33.3 Å². The molecule has 0 aromatic heterocycles. The van der Waals surface area contributed by atoms with Crippen LogP contribution in [0.15, 0.2) is 24.3 Å². The Morgan fingerprint density at radius 1 is 1.23 bits per heavy atom. The Labute approximate surface area is 129 Å². The van der Waals surface area contributed by atoms with Crippen LogP contribution in [0.2, 0.25) is 0 Å². The molecule has 0 saturated carbocycles. The molecule has 0 saturated heterocycles. The Bertz CT molecular complexity index is 436. The molecule has 1 rings (SSSR count). The zero-order valence-corrected chi connectivity index (χ0v) is 13.0. The molecule has 1 N–H and O–H groups in total. The SMILES string of the molecule is CC(C)COCCCNC(=O)Cc1ccc(OC(F)F)cc1. The first-order valence-corrected chi connectivity index (χ1v) is 7.35. The van der Waals surface area contributed by atoms with E-state index in [1.54, 1.807) is 12.1 Å². The third-order valence-corrected chi connectivity index (χ3v) is 2.75. The van der Waals surface area contributed by atoms with Crippen LogP contribution in [-0.2, 0) is 16.0 Å². The molecule has 0 heterocycles. The molecular formula is C16H23F2NO3. The van der Waals surface area contributed by atoms with Gasteiger partial charge in [-0.1, -0.05) is 26.0 Å². The highest BCUT2D eigenvalue weighted by atomic mass is 19.3. The number of carbonyl (C=O) groups excluding carboxylic acids is 1. The van der Waals surface area contributed by atoms with Gasteiger partial charge in [0.1, 0.15) is 5.75 Å². The van der Waals surface area contributed by atoms with Gasteiger partial charge in [0.25, 0.3) is 0 Å². The fourth-order valence-corrected chi connectivity index (χ4v) is 1.76. The van der Waals surface area contributed by atoms with Gasteiger partial charge in [0.15, 0.2) is 0 Å². The maximum Gasteiger partial charge on any atom is 0.387 e. The van der Waals surface area contributed by atoms with Crippen molar-refractivity contribution in [1.82, 2.24) is 5.32 Å². The lowest BCUT2D eigenvalue weighted by atomic mass is 10.1. The fourth-order valence-electron chi connectivity index (χ4n) is 1.76. The number of ether oxygens (including phenoxy) is 2. The van der Waals surface area contributed by atoms with E-state index in [1.165, 1.54) is 12.1 Å². The summed E-state index contributed by atoms with van der Waals surface area (Å²) in [5.41, 5.74) is 0.746. The maximum atomic E-state index is 12.0. The van der Waals surface area contributed by atoms with E-state index in [0.717, 1.165) is 18.6 Å². The number of carbonyl (C=O) groups is 1. The number of hydrogen-bond acceptors (Lipinski definition) is 3. The molecule has 0 bridgehead atoms. The second-order valence-electron chi connectivity index (χ2n) is 5.37. The third-order valence-electron chi connectivity index (χ3n) is 2.75. The number of hydrogen-bond donors (Lipinski definition) is 1. The Hall–Kier alpha value is -1.69. The lowest BCUT2D eigenvalue weighted by Gasteiger charge is -2.08. The van der Waals surface area contributed by atoms with Gasteiger partial charge in [-0.25, -0.2) is 0 Å². The van der Waals surface area contributed by atoms with Gasteiger partial charge < -0.3 is 14.8 Å². The maximum absolute atomic E-state index is 12.0. The third kappa shape index (κ3) is 8.56. The van der Waals surface area contributed by atoms with E-state index in [9.17, 15) is 13.6 Å². The van der Waals surface area contributed by atoms with Gasteiger partial charge in [-0.3, -0.25) is 4.79 Å². The van der Waals surface area contributed by atoms with Crippen molar-refractivity contribution in [3.63, 3.8) is 0 Å². The molecule has 6 heteroatoms. The van der Waals surface area contributed by atoms with Gasteiger partial charge >= 0.3 is 6.61 Å². The first-order valence-electron chi connectivity index (χ1n) is 7.35. The number of rotatable bonds is 10. The Morgan fingerprint density at radius 3 is 2.50 bits per heavy atom. The van der Waals surface area contributed by atoms with Crippen molar-refractivity contribution in [2.24, 2.45) is 5.92 Å². The molecule has 4 nitrogen and oxygen atoms in total. The quantitative estimate of drug-likeness (QED) is 0.675. The summed E-state index contributed by atoms with van der Waals surface area (Å²) in [5.74, 6) is 0.486. The van der Waals surface area contributed by atoms with Gasteiger partial charge in [-0.05, 0) is 30.0 Å². The molecule has 0 aliphatic rings. The van der Waals surface area contributed by atoms with E-state index in [2.05, 4.69) is 23.9 Å². The summed E-state index contributed by atoms with van der Waals surface area (Å²) in [6.07, 6.45) is 0.974. The summed E-state index contributed by atoms with van der Waals surface area (Å²) in [6, 6.07) is 6.05. The van der Waals surface area contributed by atoms with Crippen LogP contribution < -0.4 is 10.1 Å². The zero-order valence-electron chi connectivity index (χ0n) is 13.0. The minimum absolute atomic E-state index is 0.0847. The van der Waals surface area contributed by atoms with Crippen LogP contribution in [0, 0.1) is 5.92 Å². The summed E-state index contributed by atoms with van der Waals surface area (Å²) in [7, 11) is 0. The first-order chi connectivity index (χ1) is 10.5. The van der Waals surface area contributed by atoms with Gasteiger partial charge in [0.05, 0.1) is 6.42 Å². The lowest BCUT2D eigenvalue weighted by Crippen LogP contribution is -2.26. The van der Waals surface area contributed by atoms with E-state index in [-0.39, 0.29) is 18.1 Å². The fraction of sp³-hybridized carbons (Fsp3) is 0.562. The molecule has 0 unspecified atom stereocenters. The number of amides is 1. The molecule has 1 amide bonds. The van der Waals surface area contributed by atoms with Crippen molar-refractivity contribution in [2.75, 3.05) is 19.8 Å². The number of halogens is 2. The largest absolute Gasteiger partial charge is 0.435 e. The highest BCUT2D eigenvalue weighted by Crippen LogP contribution is 2.15. The van der Waals surface area contributed by atoms with E-state index in [1.807, 2.05) is 0 Å². The van der Waals surface area contributed by atoms with Gasteiger partial charge in [0.2, 0.25) is 5.91 Å². The summed E-state index contributed by atoms with van der Waals surface area (Å²) in [6.45, 7) is 3.23. The predicted octanol–water partition coefficient (Wildman–Crippen LogP) is 3.01. The molecule has 124 valence electrons. The van der Waals surface area contributed by atoms with Crippen LogP contribution >= 0.6 is 0 Å². The second kappa shape index (κ2) is 10.1. The lowest BCUT2D eigenvalue weighted by molar-refractivity contribution is -0.120. The average molecular weight is 315 g/mol. The summed E-state index contributed by atoms with van der Waals surface area (Å²) in [4.78, 5) is 11.7. The minimum Gasteiger partial charge on any atom is -0.435 e. The smallest absolute Gasteiger partial charge is 0.387 e. The molecular weight excluding hydrogens is 292 g/mol. The molecule has 0 aliphatic heterocycles. The van der Waals surface area contributed by atoms with Crippen LogP contribution in [0.3, 0.4) is 0 Å². The normalized spacial score (nSPS) is 11.0. The predicted molar refractivity (Wildman–Crippen MR) is 80.1 cm³/mol. The second-order valence-corrected chi connectivity index (χ2v) is 5.37. The molecule has 1 aromatic rings. The van der Waals surface area contributed by atoms with Crippen molar-refractivity contribution in [3.8, 4) is 5.75 Å². The molecule has 0 spiro atoms. The van der Waals surface area contributed by atoms with Gasteiger partial charge in [-0.15, -0.1) is 0 Å². The summed E-state index contributed by atoms with van der Waals surface area (Å²) in [5, 5.41) is 2.80. The van der Waals surface area contributed by atoms with Gasteiger partial charge in [0, 0.05) is 19.8 Å². The van der Waals surface area contributed by atoms with Gasteiger partial charge in [-0.2, -0.15) is 8.78 Å². The van der Waals surface area contributed by atoms with E-state index in [0.29, 0.717) is 19.1 Å². The molecule has 22 heavy (non-hydrogen) atoms. The topological polar surface area (TPSA) is 47.6 Å². The highest BCUT2D eigenvalue weighted by Gasteiger charge is 2.06. The van der Waals surface area contributed by atoms with Crippen molar-refractivity contribution < 1.29 is 23.0 Å². The van der Waals surface area contributed by atoms with Crippen LogP contribution in [0.25, 0.3) is 0 Å². The standard InChI is InChI=1S/C16H23F2NO3/c1-12(2)11-21-9-3-8-19-15(20)10-13-4-6-14(7-5-13)22-16(17)18/h4-7,12,16H,3,8-11H2,1-2H3,(H,19,20). The average Bonchev–Trinajstić information content (AvgIpc) is 2.44. The van der Waals surface area contributed by atoms with Crippen molar-refractivity contribution >= 4 is 5.91 Å². The van der Waals surface area contributed by atoms with Crippen LogP contribution in [0.4, 0.5) is 8.78 Å². The van der Waals surface area contributed by atoms with Crippen LogP contribution in [0.1, 0.15) is 25.8 Å². The van der Waals surface area contributed by atoms with Crippen molar-refractivity contribution in [1.29, 1.82) is 0 Å². The van der Waals surface area contributed by atoms with E-state index in [4.69, 9.17) is 4.74 Å². The Morgan fingerprint density at radius 2 is 1.91 bits per heavy atom. The summed E-state index contributed by atoms with van der Waals surface area (Å²) < 4.78 is 33.7. The van der Waals surface area contributed by atoms with Crippen LogP contribution in [-0.4, -0.2) is 32.3 Å². The molecule has 0 fully saturated rings. The number of alkyl halides is 2. The summed E-state index contributed by atoms with van der Waals surface area (Å²) >= 11 is 0. The first kappa shape index (κ1) is 18.4. The Kier molecular flexibility index (Phi) is 8.43. The van der Waals surface area contributed by atoms with Crippen LogP contribution in [0.5, 0.6) is 5.75 Å².